The third-order valence-corrected chi connectivity index (χ3v) is 3.42. The van der Waals surface area contributed by atoms with Gasteiger partial charge in [-0.05, 0) is 12.8 Å². The summed E-state index contributed by atoms with van der Waals surface area (Å²) in [4.78, 5) is 33.7. The molecule has 1 aliphatic carbocycles. The molecule has 0 aliphatic heterocycles. The normalized spacial score (nSPS) is 25.1. The molecular weight excluding hydrogens is 250 g/mol. The fourth-order valence-electron chi connectivity index (χ4n) is 2.38. The van der Waals surface area contributed by atoms with Crippen molar-refractivity contribution in [2.75, 3.05) is 0 Å². The maximum absolute atomic E-state index is 11.8. The summed E-state index contributed by atoms with van der Waals surface area (Å²) in [6.45, 7) is 0. The number of amides is 2. The summed E-state index contributed by atoms with van der Waals surface area (Å²) in [5.41, 5.74) is 10.5. The molecule has 19 heavy (non-hydrogen) atoms. The van der Waals surface area contributed by atoms with Gasteiger partial charge in [-0.15, -0.1) is 0 Å². The van der Waals surface area contributed by atoms with Crippen LogP contribution in [-0.2, 0) is 14.4 Å². The van der Waals surface area contributed by atoms with Crippen LogP contribution >= 0.6 is 0 Å². The molecule has 0 saturated heterocycles. The van der Waals surface area contributed by atoms with E-state index in [-0.39, 0.29) is 6.42 Å². The van der Waals surface area contributed by atoms with Crippen molar-refractivity contribution in [2.24, 2.45) is 17.4 Å². The fraction of sp³-hybridized carbons (Fsp3) is 0.750. The Bertz CT molecular complexity index is 359. The molecule has 3 atom stereocenters. The standard InChI is InChI=1S/C12H21N3O4/c13-8(6-10(14)16)11(17)15-9-5-3-1-2-4-7(9)12(18)19/h7-9H,1-6,13H2,(H2,14,16)(H,15,17)(H,18,19). The van der Waals surface area contributed by atoms with E-state index in [0.29, 0.717) is 12.8 Å². The number of primary amides is 1. The van der Waals surface area contributed by atoms with Crippen molar-refractivity contribution >= 4 is 17.8 Å². The van der Waals surface area contributed by atoms with Crippen LogP contribution in [0.1, 0.15) is 38.5 Å². The van der Waals surface area contributed by atoms with E-state index in [1.807, 2.05) is 0 Å². The van der Waals surface area contributed by atoms with Crippen LogP contribution in [0.2, 0.25) is 0 Å². The number of carboxylic acid groups (broad SMARTS) is 1. The molecule has 108 valence electrons. The third kappa shape index (κ3) is 4.86. The van der Waals surface area contributed by atoms with Gasteiger partial charge >= 0.3 is 5.97 Å². The summed E-state index contributed by atoms with van der Waals surface area (Å²) in [5.74, 6) is -2.67. The van der Waals surface area contributed by atoms with Crippen molar-refractivity contribution in [1.29, 1.82) is 0 Å². The predicted octanol–water partition coefficient (Wildman–Crippen LogP) is -0.661. The van der Waals surface area contributed by atoms with Gasteiger partial charge in [-0.25, -0.2) is 0 Å². The maximum atomic E-state index is 11.8. The third-order valence-electron chi connectivity index (χ3n) is 3.42. The molecular formula is C12H21N3O4. The predicted molar refractivity (Wildman–Crippen MR) is 67.9 cm³/mol. The van der Waals surface area contributed by atoms with Gasteiger partial charge < -0.3 is 21.9 Å². The number of hydrogen-bond donors (Lipinski definition) is 4. The Morgan fingerprint density at radius 2 is 1.84 bits per heavy atom. The zero-order valence-electron chi connectivity index (χ0n) is 10.8. The molecule has 0 aromatic carbocycles. The zero-order chi connectivity index (χ0) is 14.4. The minimum absolute atomic E-state index is 0.240. The van der Waals surface area contributed by atoms with Crippen LogP contribution in [-0.4, -0.2) is 35.0 Å². The number of carboxylic acids is 1. The van der Waals surface area contributed by atoms with Crippen molar-refractivity contribution in [1.82, 2.24) is 5.32 Å². The summed E-state index contributed by atoms with van der Waals surface area (Å²) >= 11 is 0. The van der Waals surface area contributed by atoms with Crippen LogP contribution in [0.4, 0.5) is 0 Å². The first-order valence-corrected chi connectivity index (χ1v) is 6.49. The molecule has 1 fully saturated rings. The van der Waals surface area contributed by atoms with E-state index in [9.17, 15) is 19.5 Å². The van der Waals surface area contributed by atoms with Crippen LogP contribution in [0.5, 0.6) is 0 Å². The van der Waals surface area contributed by atoms with Gasteiger partial charge in [-0.1, -0.05) is 19.3 Å². The first-order valence-electron chi connectivity index (χ1n) is 6.49. The number of carbonyl (C=O) groups excluding carboxylic acids is 2. The molecule has 0 heterocycles. The van der Waals surface area contributed by atoms with Gasteiger partial charge in [0.05, 0.1) is 18.4 Å². The molecule has 7 heteroatoms. The van der Waals surface area contributed by atoms with E-state index < -0.39 is 35.8 Å². The highest BCUT2D eigenvalue weighted by Crippen LogP contribution is 2.23. The highest BCUT2D eigenvalue weighted by atomic mass is 16.4. The minimum Gasteiger partial charge on any atom is -0.481 e. The van der Waals surface area contributed by atoms with Crippen molar-refractivity contribution in [3.8, 4) is 0 Å². The number of carbonyl (C=O) groups is 3. The molecule has 0 aromatic rings. The molecule has 1 aliphatic rings. The summed E-state index contributed by atoms with van der Waals surface area (Å²) in [7, 11) is 0. The number of nitrogens with one attached hydrogen (secondary N) is 1. The molecule has 7 nitrogen and oxygen atoms in total. The zero-order valence-corrected chi connectivity index (χ0v) is 10.8. The van der Waals surface area contributed by atoms with Gasteiger partial charge in [0.25, 0.3) is 0 Å². The van der Waals surface area contributed by atoms with Gasteiger partial charge in [-0.3, -0.25) is 14.4 Å². The van der Waals surface area contributed by atoms with Crippen LogP contribution < -0.4 is 16.8 Å². The molecule has 6 N–H and O–H groups in total. The highest BCUT2D eigenvalue weighted by Gasteiger charge is 2.31. The van der Waals surface area contributed by atoms with Gasteiger partial charge in [0.2, 0.25) is 11.8 Å². The molecule has 2 amide bonds. The Morgan fingerprint density at radius 3 is 2.42 bits per heavy atom. The monoisotopic (exact) mass is 271 g/mol. The smallest absolute Gasteiger partial charge is 0.308 e. The summed E-state index contributed by atoms with van der Waals surface area (Å²) < 4.78 is 0. The highest BCUT2D eigenvalue weighted by molar-refractivity contribution is 5.88. The summed E-state index contributed by atoms with van der Waals surface area (Å²) in [5, 5.41) is 11.8. The van der Waals surface area contributed by atoms with Crippen molar-refractivity contribution in [3.63, 3.8) is 0 Å². The topological polar surface area (TPSA) is 136 Å². The first kappa shape index (κ1) is 15.4. The lowest BCUT2D eigenvalue weighted by Crippen LogP contribution is -2.50. The number of hydrogen-bond acceptors (Lipinski definition) is 4. The molecule has 0 radical (unpaired) electrons. The van der Waals surface area contributed by atoms with Crippen LogP contribution in [0, 0.1) is 5.92 Å². The Kier molecular flexibility index (Phi) is 5.75. The minimum atomic E-state index is -1.02. The largest absolute Gasteiger partial charge is 0.481 e. The van der Waals surface area contributed by atoms with Crippen LogP contribution in [0.15, 0.2) is 0 Å². The second-order valence-electron chi connectivity index (χ2n) is 4.97. The van der Waals surface area contributed by atoms with E-state index in [1.165, 1.54) is 0 Å². The second-order valence-corrected chi connectivity index (χ2v) is 4.97. The Labute approximate surface area is 111 Å². The Balaban J connectivity index is 2.62. The van der Waals surface area contributed by atoms with Gasteiger partial charge in [-0.2, -0.15) is 0 Å². The lowest BCUT2D eigenvalue weighted by atomic mass is 9.94. The number of nitrogens with two attached hydrogens (primary N) is 2. The molecule has 1 rings (SSSR count). The summed E-state index contributed by atoms with van der Waals surface area (Å²) in [6.07, 6.45) is 3.60. The van der Waals surface area contributed by atoms with Gasteiger partial charge in [0.15, 0.2) is 0 Å². The number of rotatable bonds is 5. The van der Waals surface area contributed by atoms with Gasteiger partial charge in [0.1, 0.15) is 0 Å². The lowest BCUT2D eigenvalue weighted by molar-refractivity contribution is -0.143. The summed E-state index contributed by atoms with van der Waals surface area (Å²) in [6, 6.07) is -1.44. The van der Waals surface area contributed by atoms with E-state index in [2.05, 4.69) is 5.32 Å². The number of aliphatic carboxylic acids is 1. The average molecular weight is 271 g/mol. The van der Waals surface area contributed by atoms with E-state index in [0.717, 1.165) is 19.3 Å². The Morgan fingerprint density at radius 1 is 1.21 bits per heavy atom. The van der Waals surface area contributed by atoms with Crippen molar-refractivity contribution in [3.05, 3.63) is 0 Å². The van der Waals surface area contributed by atoms with E-state index in [4.69, 9.17) is 11.5 Å². The molecule has 3 unspecified atom stereocenters. The molecule has 0 spiro atoms. The Hall–Kier alpha value is -1.63. The second kappa shape index (κ2) is 7.08. The maximum Gasteiger partial charge on any atom is 0.308 e. The molecule has 0 aromatic heterocycles. The molecule has 0 bridgehead atoms. The van der Waals surface area contributed by atoms with Crippen LogP contribution in [0.25, 0.3) is 0 Å². The first-order chi connectivity index (χ1) is 8.91. The van der Waals surface area contributed by atoms with E-state index >= 15 is 0 Å². The van der Waals surface area contributed by atoms with Crippen molar-refractivity contribution < 1.29 is 19.5 Å². The average Bonchev–Trinajstić information content (AvgIpc) is 2.53. The van der Waals surface area contributed by atoms with Crippen LogP contribution in [0.3, 0.4) is 0 Å². The lowest BCUT2D eigenvalue weighted by Gasteiger charge is -2.24. The van der Waals surface area contributed by atoms with E-state index in [1.54, 1.807) is 0 Å². The molecule has 1 saturated carbocycles. The SMILES string of the molecule is NC(=O)CC(N)C(=O)NC1CCCCCC1C(=O)O. The fourth-order valence-corrected chi connectivity index (χ4v) is 2.38. The quantitative estimate of drug-likeness (QED) is 0.492. The van der Waals surface area contributed by atoms with Crippen molar-refractivity contribution in [2.45, 2.75) is 50.6 Å². The van der Waals surface area contributed by atoms with Gasteiger partial charge in [0, 0.05) is 6.04 Å².